The van der Waals surface area contributed by atoms with Crippen LogP contribution in [0.5, 0.6) is 0 Å². The van der Waals surface area contributed by atoms with E-state index in [0.29, 0.717) is 6.04 Å². The Morgan fingerprint density at radius 1 is 1.18 bits per heavy atom. The quantitative estimate of drug-likeness (QED) is 0.797. The van der Waals surface area contributed by atoms with E-state index in [0.717, 1.165) is 25.0 Å². The van der Waals surface area contributed by atoms with Crippen molar-refractivity contribution in [1.82, 2.24) is 5.32 Å². The van der Waals surface area contributed by atoms with Gasteiger partial charge in [0.25, 0.3) is 0 Å². The molecular weight excluding hydrogens is 210 g/mol. The molecule has 0 aromatic rings. The number of hydrogen-bond acceptors (Lipinski definition) is 2. The average Bonchev–Trinajstić information content (AvgIpc) is 3.18. The summed E-state index contributed by atoms with van der Waals surface area (Å²) in [5, 5.41) is 3.78. The van der Waals surface area contributed by atoms with Gasteiger partial charge in [-0.2, -0.15) is 0 Å². The lowest BCUT2D eigenvalue weighted by molar-refractivity contribution is -0.111. The van der Waals surface area contributed by atoms with E-state index in [4.69, 9.17) is 4.74 Å². The Balaban J connectivity index is 1.72. The molecule has 0 bridgehead atoms. The molecule has 0 amide bonds. The first-order valence-corrected chi connectivity index (χ1v) is 7.71. The highest BCUT2D eigenvalue weighted by Crippen LogP contribution is 2.46. The van der Waals surface area contributed by atoms with Gasteiger partial charge in [-0.3, -0.25) is 0 Å². The van der Waals surface area contributed by atoms with Crippen LogP contribution in [0.4, 0.5) is 0 Å². The lowest BCUT2D eigenvalue weighted by Crippen LogP contribution is -2.59. The molecule has 3 fully saturated rings. The molecule has 1 aliphatic heterocycles. The monoisotopic (exact) mass is 237 g/mol. The van der Waals surface area contributed by atoms with Gasteiger partial charge in [0.2, 0.25) is 0 Å². The molecule has 0 aromatic carbocycles. The minimum absolute atomic E-state index is 0.212. The van der Waals surface area contributed by atoms with E-state index in [9.17, 15) is 0 Å². The van der Waals surface area contributed by atoms with Crippen LogP contribution in [-0.4, -0.2) is 24.8 Å². The molecule has 2 aliphatic carbocycles. The van der Waals surface area contributed by atoms with Crippen LogP contribution in [-0.2, 0) is 4.74 Å². The number of hydrogen-bond donors (Lipinski definition) is 1. The van der Waals surface area contributed by atoms with Crippen LogP contribution in [0.25, 0.3) is 0 Å². The van der Waals surface area contributed by atoms with Crippen molar-refractivity contribution in [3.8, 4) is 0 Å². The number of morpholine rings is 1. The number of rotatable bonds is 2. The second-order valence-electron chi connectivity index (χ2n) is 6.39. The molecular formula is C15H27NO. The van der Waals surface area contributed by atoms with Crippen LogP contribution >= 0.6 is 0 Å². The Kier molecular flexibility index (Phi) is 3.45. The first-order valence-electron chi connectivity index (χ1n) is 7.71. The Labute approximate surface area is 105 Å². The Hall–Kier alpha value is -0.0800. The third-order valence-corrected chi connectivity index (χ3v) is 5.28. The molecule has 3 aliphatic rings. The number of ether oxygens (including phenoxy) is 1. The molecule has 0 radical (unpaired) electrons. The molecule has 1 spiro atoms. The fourth-order valence-corrected chi connectivity index (χ4v) is 4.04. The van der Waals surface area contributed by atoms with Gasteiger partial charge in [0.15, 0.2) is 0 Å². The second-order valence-corrected chi connectivity index (χ2v) is 6.39. The highest BCUT2D eigenvalue weighted by atomic mass is 16.5. The standard InChI is InChI=1S/C15H27NO/c1-2-12-4-3-8-15(9-7-12)14(13-5-6-13)16-10-11-17-15/h12-14,16H,2-11H2,1H3. The van der Waals surface area contributed by atoms with E-state index in [1.165, 1.54) is 51.4 Å². The van der Waals surface area contributed by atoms with E-state index in [2.05, 4.69) is 12.2 Å². The predicted molar refractivity (Wildman–Crippen MR) is 70.1 cm³/mol. The van der Waals surface area contributed by atoms with Crippen molar-refractivity contribution in [2.45, 2.75) is 69.9 Å². The highest BCUT2D eigenvalue weighted by molar-refractivity contribution is 5.04. The molecule has 1 heterocycles. The average molecular weight is 237 g/mol. The van der Waals surface area contributed by atoms with Gasteiger partial charge in [-0.1, -0.05) is 26.2 Å². The van der Waals surface area contributed by atoms with E-state index < -0.39 is 0 Å². The summed E-state index contributed by atoms with van der Waals surface area (Å²) < 4.78 is 6.33. The maximum absolute atomic E-state index is 6.33. The van der Waals surface area contributed by atoms with Gasteiger partial charge in [-0.15, -0.1) is 0 Å². The minimum Gasteiger partial charge on any atom is -0.372 e. The molecule has 98 valence electrons. The predicted octanol–water partition coefficient (Wildman–Crippen LogP) is 3.11. The second kappa shape index (κ2) is 4.89. The summed E-state index contributed by atoms with van der Waals surface area (Å²) >= 11 is 0. The van der Waals surface area contributed by atoms with Crippen molar-refractivity contribution >= 4 is 0 Å². The third-order valence-electron chi connectivity index (χ3n) is 5.28. The summed E-state index contributed by atoms with van der Waals surface area (Å²) in [4.78, 5) is 0. The fraction of sp³-hybridized carbons (Fsp3) is 1.00. The van der Waals surface area contributed by atoms with Gasteiger partial charge in [-0.25, -0.2) is 0 Å². The summed E-state index contributed by atoms with van der Waals surface area (Å²) in [6.45, 7) is 4.35. The zero-order valence-electron chi connectivity index (χ0n) is 11.2. The van der Waals surface area contributed by atoms with E-state index in [1.54, 1.807) is 0 Å². The first-order chi connectivity index (χ1) is 8.34. The summed E-state index contributed by atoms with van der Waals surface area (Å²) in [7, 11) is 0. The molecule has 1 N–H and O–H groups in total. The molecule has 1 saturated heterocycles. The molecule has 3 atom stereocenters. The molecule has 3 unspecified atom stereocenters. The number of nitrogens with one attached hydrogen (secondary N) is 1. The van der Waals surface area contributed by atoms with E-state index >= 15 is 0 Å². The van der Waals surface area contributed by atoms with Crippen LogP contribution in [0.3, 0.4) is 0 Å². The van der Waals surface area contributed by atoms with Crippen molar-refractivity contribution in [2.75, 3.05) is 13.2 Å². The summed E-state index contributed by atoms with van der Waals surface area (Å²) in [6.07, 6.45) is 11.0. The minimum atomic E-state index is 0.212. The molecule has 3 rings (SSSR count). The maximum atomic E-state index is 6.33. The van der Waals surface area contributed by atoms with Crippen molar-refractivity contribution in [3.63, 3.8) is 0 Å². The van der Waals surface area contributed by atoms with Crippen LogP contribution in [0, 0.1) is 11.8 Å². The van der Waals surface area contributed by atoms with Crippen LogP contribution in [0.1, 0.15) is 58.3 Å². The zero-order valence-corrected chi connectivity index (χ0v) is 11.2. The Bertz CT molecular complexity index is 264. The van der Waals surface area contributed by atoms with Crippen molar-refractivity contribution in [1.29, 1.82) is 0 Å². The summed E-state index contributed by atoms with van der Waals surface area (Å²) in [5.41, 5.74) is 0.212. The van der Waals surface area contributed by atoms with Crippen LogP contribution in [0.2, 0.25) is 0 Å². The topological polar surface area (TPSA) is 21.3 Å². The van der Waals surface area contributed by atoms with Gasteiger partial charge >= 0.3 is 0 Å². The lowest BCUT2D eigenvalue weighted by Gasteiger charge is -2.45. The zero-order chi connectivity index (χ0) is 11.7. The molecule has 2 heteroatoms. The first kappa shape index (κ1) is 12.0. The normalized spacial score (nSPS) is 43.6. The van der Waals surface area contributed by atoms with Gasteiger partial charge in [0.05, 0.1) is 12.2 Å². The van der Waals surface area contributed by atoms with Gasteiger partial charge in [0.1, 0.15) is 0 Å². The van der Waals surface area contributed by atoms with E-state index in [1.807, 2.05) is 0 Å². The SMILES string of the molecule is CCC1CCCC2(CC1)OCCNC2C1CC1. The largest absolute Gasteiger partial charge is 0.372 e. The third kappa shape index (κ3) is 2.39. The summed E-state index contributed by atoms with van der Waals surface area (Å²) in [5.74, 6) is 1.88. The Morgan fingerprint density at radius 3 is 2.82 bits per heavy atom. The maximum Gasteiger partial charge on any atom is 0.0838 e. The Morgan fingerprint density at radius 2 is 2.06 bits per heavy atom. The van der Waals surface area contributed by atoms with E-state index in [-0.39, 0.29) is 5.60 Å². The molecule has 2 saturated carbocycles. The molecule has 0 aromatic heterocycles. The van der Waals surface area contributed by atoms with Crippen molar-refractivity contribution < 1.29 is 4.74 Å². The smallest absolute Gasteiger partial charge is 0.0838 e. The molecule has 17 heavy (non-hydrogen) atoms. The fourth-order valence-electron chi connectivity index (χ4n) is 4.04. The van der Waals surface area contributed by atoms with Crippen LogP contribution < -0.4 is 5.32 Å². The summed E-state index contributed by atoms with van der Waals surface area (Å²) in [6, 6.07) is 0.673. The lowest BCUT2D eigenvalue weighted by atomic mass is 9.82. The highest BCUT2D eigenvalue weighted by Gasteiger charge is 2.49. The van der Waals surface area contributed by atoms with Crippen LogP contribution in [0.15, 0.2) is 0 Å². The van der Waals surface area contributed by atoms with Gasteiger partial charge < -0.3 is 10.1 Å². The molecule has 2 nitrogen and oxygen atoms in total. The van der Waals surface area contributed by atoms with Crippen molar-refractivity contribution in [3.05, 3.63) is 0 Å². The van der Waals surface area contributed by atoms with Gasteiger partial charge in [-0.05, 0) is 43.9 Å². The van der Waals surface area contributed by atoms with Gasteiger partial charge in [0, 0.05) is 12.6 Å². The van der Waals surface area contributed by atoms with Crippen molar-refractivity contribution in [2.24, 2.45) is 11.8 Å².